The standard InChI is InChI=1S/C41H28N2S/c1-3-11-29(12-4-1)30-19-21-31(22-20-30)32-23-26-35(27-24-32)43(34-14-5-2-6-15-34)38-28-25-33-13-7-8-16-36(33)40(38)41-42-37-17-9-10-18-39(37)44-41/h1-28H. The number of aromatic nitrogens is 1. The predicted octanol–water partition coefficient (Wildman–Crippen LogP) is 11.9. The Bertz CT molecular complexity index is 2170. The molecule has 0 saturated heterocycles. The SMILES string of the molecule is c1ccc(-c2ccc(-c3ccc(N(c4ccccc4)c4ccc5ccccc5c4-c4nc5ccccc5s4)cc3)cc2)cc1. The highest BCUT2D eigenvalue weighted by Gasteiger charge is 2.21. The summed E-state index contributed by atoms with van der Waals surface area (Å²) >= 11 is 1.75. The lowest BCUT2D eigenvalue weighted by Gasteiger charge is -2.28. The molecule has 208 valence electrons. The highest BCUT2D eigenvalue weighted by molar-refractivity contribution is 7.21. The average Bonchev–Trinajstić information content (AvgIpc) is 3.53. The van der Waals surface area contributed by atoms with Crippen molar-refractivity contribution in [2.24, 2.45) is 0 Å². The van der Waals surface area contributed by atoms with Crippen LogP contribution in [-0.4, -0.2) is 4.98 Å². The van der Waals surface area contributed by atoms with Crippen molar-refractivity contribution in [1.29, 1.82) is 0 Å². The maximum Gasteiger partial charge on any atom is 0.127 e. The summed E-state index contributed by atoms with van der Waals surface area (Å²) in [6, 6.07) is 60.3. The van der Waals surface area contributed by atoms with Gasteiger partial charge in [-0.2, -0.15) is 0 Å². The molecule has 0 spiro atoms. The number of para-hydroxylation sites is 2. The summed E-state index contributed by atoms with van der Waals surface area (Å²) in [7, 11) is 0. The van der Waals surface area contributed by atoms with E-state index >= 15 is 0 Å². The van der Waals surface area contributed by atoms with E-state index in [9.17, 15) is 0 Å². The lowest BCUT2D eigenvalue weighted by Crippen LogP contribution is -2.11. The fraction of sp³-hybridized carbons (Fsp3) is 0. The number of benzene rings is 7. The number of fused-ring (bicyclic) bond motifs is 2. The Morgan fingerprint density at radius 2 is 0.977 bits per heavy atom. The molecule has 0 aliphatic carbocycles. The Morgan fingerprint density at radius 3 is 1.68 bits per heavy atom. The van der Waals surface area contributed by atoms with Crippen LogP contribution in [0.1, 0.15) is 0 Å². The van der Waals surface area contributed by atoms with Crippen LogP contribution in [0.3, 0.4) is 0 Å². The van der Waals surface area contributed by atoms with Crippen molar-refractivity contribution in [1.82, 2.24) is 4.98 Å². The van der Waals surface area contributed by atoms with Gasteiger partial charge in [0.15, 0.2) is 0 Å². The minimum atomic E-state index is 1.02. The van der Waals surface area contributed by atoms with Gasteiger partial charge < -0.3 is 4.90 Å². The molecule has 0 radical (unpaired) electrons. The fourth-order valence-corrected chi connectivity index (χ4v) is 6.98. The molecule has 44 heavy (non-hydrogen) atoms. The lowest BCUT2D eigenvalue weighted by molar-refractivity contribution is 1.29. The van der Waals surface area contributed by atoms with Crippen LogP contribution in [0.5, 0.6) is 0 Å². The van der Waals surface area contributed by atoms with Crippen molar-refractivity contribution < 1.29 is 0 Å². The second-order valence-corrected chi connectivity index (χ2v) is 11.9. The summed E-state index contributed by atoms with van der Waals surface area (Å²) in [6.45, 7) is 0. The number of hydrogen-bond donors (Lipinski definition) is 0. The molecule has 8 rings (SSSR count). The predicted molar refractivity (Wildman–Crippen MR) is 188 cm³/mol. The molecular formula is C41H28N2S. The van der Waals surface area contributed by atoms with Crippen LogP contribution < -0.4 is 4.90 Å². The summed E-state index contributed by atoms with van der Waals surface area (Å²) in [6.07, 6.45) is 0. The van der Waals surface area contributed by atoms with E-state index in [0.717, 1.165) is 33.1 Å². The largest absolute Gasteiger partial charge is 0.310 e. The van der Waals surface area contributed by atoms with E-state index in [2.05, 4.69) is 175 Å². The Labute approximate surface area is 261 Å². The van der Waals surface area contributed by atoms with Crippen LogP contribution in [0.15, 0.2) is 170 Å². The molecule has 0 saturated carbocycles. The van der Waals surface area contributed by atoms with Crippen LogP contribution in [0, 0.1) is 0 Å². The van der Waals surface area contributed by atoms with Crippen molar-refractivity contribution in [3.8, 4) is 32.8 Å². The summed E-state index contributed by atoms with van der Waals surface area (Å²) in [5, 5.41) is 3.42. The minimum Gasteiger partial charge on any atom is -0.310 e. The van der Waals surface area contributed by atoms with Gasteiger partial charge in [-0.25, -0.2) is 4.98 Å². The van der Waals surface area contributed by atoms with Gasteiger partial charge in [0.1, 0.15) is 5.01 Å². The zero-order valence-electron chi connectivity index (χ0n) is 24.0. The molecule has 1 heterocycles. The van der Waals surface area contributed by atoms with Crippen molar-refractivity contribution in [2.75, 3.05) is 4.90 Å². The third kappa shape index (κ3) is 4.84. The van der Waals surface area contributed by atoms with E-state index in [4.69, 9.17) is 4.98 Å². The van der Waals surface area contributed by atoms with Gasteiger partial charge in [-0.05, 0) is 75.5 Å². The summed E-state index contributed by atoms with van der Waals surface area (Å²) in [4.78, 5) is 7.50. The number of rotatable bonds is 6. The average molecular weight is 581 g/mol. The summed E-state index contributed by atoms with van der Waals surface area (Å²) in [5.41, 5.74) is 10.3. The normalized spacial score (nSPS) is 11.2. The highest BCUT2D eigenvalue weighted by atomic mass is 32.1. The van der Waals surface area contributed by atoms with E-state index in [1.807, 2.05) is 0 Å². The van der Waals surface area contributed by atoms with Crippen LogP contribution in [0.25, 0.3) is 53.8 Å². The number of hydrogen-bond acceptors (Lipinski definition) is 3. The first-order chi connectivity index (χ1) is 21.8. The Kier molecular flexibility index (Phi) is 6.71. The first-order valence-corrected chi connectivity index (χ1v) is 15.6. The van der Waals surface area contributed by atoms with Crippen LogP contribution in [0.2, 0.25) is 0 Å². The number of anilines is 3. The molecule has 0 bridgehead atoms. The van der Waals surface area contributed by atoms with Crippen LogP contribution in [0.4, 0.5) is 17.1 Å². The minimum absolute atomic E-state index is 1.02. The van der Waals surface area contributed by atoms with E-state index < -0.39 is 0 Å². The van der Waals surface area contributed by atoms with E-state index in [-0.39, 0.29) is 0 Å². The molecule has 0 aliphatic rings. The maximum absolute atomic E-state index is 5.14. The zero-order valence-corrected chi connectivity index (χ0v) is 24.8. The first-order valence-electron chi connectivity index (χ1n) is 14.8. The van der Waals surface area contributed by atoms with Gasteiger partial charge in [-0.1, -0.05) is 127 Å². The molecule has 1 aromatic heterocycles. The van der Waals surface area contributed by atoms with Crippen molar-refractivity contribution in [2.45, 2.75) is 0 Å². The topological polar surface area (TPSA) is 16.1 Å². The number of nitrogens with zero attached hydrogens (tertiary/aromatic N) is 2. The monoisotopic (exact) mass is 580 g/mol. The molecule has 0 fully saturated rings. The maximum atomic E-state index is 5.14. The van der Waals surface area contributed by atoms with E-state index in [1.54, 1.807) is 11.3 Å². The molecule has 0 atom stereocenters. The molecule has 0 aliphatic heterocycles. The zero-order chi connectivity index (χ0) is 29.3. The first kappa shape index (κ1) is 26.1. The smallest absolute Gasteiger partial charge is 0.127 e. The fourth-order valence-electron chi connectivity index (χ4n) is 5.94. The Hall–Kier alpha value is -5.51. The summed E-state index contributed by atoms with van der Waals surface area (Å²) in [5.74, 6) is 0. The molecular weight excluding hydrogens is 553 g/mol. The van der Waals surface area contributed by atoms with Gasteiger partial charge in [-0.3, -0.25) is 0 Å². The molecule has 3 heteroatoms. The van der Waals surface area contributed by atoms with Crippen LogP contribution >= 0.6 is 11.3 Å². The molecule has 0 unspecified atom stereocenters. The second kappa shape index (κ2) is 11.3. The van der Waals surface area contributed by atoms with Gasteiger partial charge in [0.2, 0.25) is 0 Å². The third-order valence-corrected chi connectivity index (χ3v) is 9.17. The van der Waals surface area contributed by atoms with E-state index in [0.29, 0.717) is 0 Å². The van der Waals surface area contributed by atoms with Crippen molar-refractivity contribution in [3.05, 3.63) is 170 Å². The van der Waals surface area contributed by atoms with Gasteiger partial charge in [0.25, 0.3) is 0 Å². The van der Waals surface area contributed by atoms with Gasteiger partial charge >= 0.3 is 0 Å². The van der Waals surface area contributed by atoms with Gasteiger partial charge in [-0.15, -0.1) is 11.3 Å². The van der Waals surface area contributed by atoms with Crippen LogP contribution in [-0.2, 0) is 0 Å². The van der Waals surface area contributed by atoms with Gasteiger partial charge in [0.05, 0.1) is 15.9 Å². The molecule has 7 aromatic carbocycles. The lowest BCUT2D eigenvalue weighted by atomic mass is 9.99. The van der Waals surface area contributed by atoms with Crippen molar-refractivity contribution in [3.63, 3.8) is 0 Å². The summed E-state index contributed by atoms with van der Waals surface area (Å²) < 4.78 is 1.19. The molecule has 0 amide bonds. The Balaban J connectivity index is 1.25. The van der Waals surface area contributed by atoms with E-state index in [1.165, 1.54) is 37.7 Å². The Morgan fingerprint density at radius 1 is 0.432 bits per heavy atom. The molecule has 2 nitrogen and oxygen atoms in total. The third-order valence-electron chi connectivity index (χ3n) is 8.12. The quantitative estimate of drug-likeness (QED) is 0.194. The molecule has 8 aromatic rings. The van der Waals surface area contributed by atoms with Crippen molar-refractivity contribution >= 4 is 49.4 Å². The molecule has 0 N–H and O–H groups in total. The highest BCUT2D eigenvalue weighted by Crippen LogP contribution is 2.46. The van der Waals surface area contributed by atoms with Gasteiger partial charge in [0, 0.05) is 16.9 Å². The second-order valence-electron chi connectivity index (χ2n) is 10.8. The number of thiazole rings is 1.